The number of halogens is 1. The van der Waals surface area contributed by atoms with Gasteiger partial charge in [0.25, 0.3) is 0 Å². The second-order valence-electron chi connectivity index (χ2n) is 7.01. The minimum absolute atomic E-state index is 0.148. The summed E-state index contributed by atoms with van der Waals surface area (Å²) in [6.45, 7) is 1.78. The predicted octanol–water partition coefficient (Wildman–Crippen LogP) is 5.34. The number of benzene rings is 3. The smallest absolute Gasteiger partial charge is 0.335 e. The van der Waals surface area contributed by atoms with E-state index in [0.29, 0.717) is 16.4 Å². The fraction of sp³-hybridized carbons (Fsp3) is 0.125. The van der Waals surface area contributed by atoms with Crippen LogP contribution in [0.15, 0.2) is 77.7 Å². The lowest BCUT2D eigenvalue weighted by molar-refractivity contribution is -0.116. The van der Waals surface area contributed by atoms with Crippen molar-refractivity contribution < 1.29 is 19.5 Å². The Labute approximate surface area is 195 Å². The van der Waals surface area contributed by atoms with Crippen LogP contribution >= 0.6 is 23.4 Å². The summed E-state index contributed by atoms with van der Waals surface area (Å²) < 4.78 is 0. The summed E-state index contributed by atoms with van der Waals surface area (Å²) >= 11 is 7.22. The molecule has 2 amide bonds. The normalized spacial score (nSPS) is 11.4. The topological polar surface area (TPSA) is 95.5 Å². The first kappa shape index (κ1) is 23.4. The highest BCUT2D eigenvalue weighted by Gasteiger charge is 2.15. The summed E-state index contributed by atoms with van der Waals surface area (Å²) in [7, 11) is 0. The van der Waals surface area contributed by atoms with E-state index < -0.39 is 11.2 Å². The fourth-order valence-electron chi connectivity index (χ4n) is 2.84. The quantitative estimate of drug-likeness (QED) is 0.388. The van der Waals surface area contributed by atoms with E-state index in [2.05, 4.69) is 10.6 Å². The first-order valence-corrected chi connectivity index (χ1v) is 11.0. The number of hydrogen-bond acceptors (Lipinski definition) is 4. The van der Waals surface area contributed by atoms with Gasteiger partial charge in [0.05, 0.1) is 17.2 Å². The molecule has 0 bridgehead atoms. The standard InChI is InChI=1S/C24H21ClN2O4S/c1-15(23(29)27-19-11-7-17(8-12-19)24(30)31)32-21-4-2-3-20(14-21)26-22(28)13-16-5-9-18(25)10-6-16/h2-12,14-15H,13H2,1H3,(H,26,28)(H,27,29)(H,30,31). The molecule has 3 aromatic carbocycles. The SMILES string of the molecule is CC(Sc1cccc(NC(=O)Cc2ccc(Cl)cc2)c1)C(=O)Nc1ccc(C(=O)O)cc1. The van der Waals surface area contributed by atoms with Gasteiger partial charge in [0, 0.05) is 21.3 Å². The highest BCUT2D eigenvalue weighted by molar-refractivity contribution is 8.00. The van der Waals surface area contributed by atoms with Gasteiger partial charge < -0.3 is 15.7 Å². The highest BCUT2D eigenvalue weighted by Crippen LogP contribution is 2.27. The maximum atomic E-state index is 12.5. The van der Waals surface area contributed by atoms with Crippen molar-refractivity contribution in [1.29, 1.82) is 0 Å². The van der Waals surface area contributed by atoms with Crippen molar-refractivity contribution in [3.05, 3.63) is 88.9 Å². The Bertz CT molecular complexity index is 1120. The van der Waals surface area contributed by atoms with Crippen LogP contribution in [0, 0.1) is 0 Å². The monoisotopic (exact) mass is 468 g/mol. The van der Waals surface area contributed by atoms with Crippen molar-refractivity contribution in [1.82, 2.24) is 0 Å². The Hall–Kier alpha value is -3.29. The zero-order valence-electron chi connectivity index (χ0n) is 17.2. The Morgan fingerprint density at radius 3 is 2.28 bits per heavy atom. The van der Waals surface area contributed by atoms with Gasteiger partial charge in [-0.2, -0.15) is 0 Å². The summed E-state index contributed by atoms with van der Waals surface area (Å²) in [5.74, 6) is -1.38. The van der Waals surface area contributed by atoms with Gasteiger partial charge in [-0.1, -0.05) is 29.8 Å². The van der Waals surface area contributed by atoms with Crippen molar-refractivity contribution >= 4 is 52.5 Å². The maximum absolute atomic E-state index is 12.5. The molecule has 0 aliphatic heterocycles. The van der Waals surface area contributed by atoms with Crippen molar-refractivity contribution in [2.75, 3.05) is 10.6 Å². The molecule has 0 spiro atoms. The molecular formula is C24H21ClN2O4S. The molecule has 3 N–H and O–H groups in total. The maximum Gasteiger partial charge on any atom is 0.335 e. The second-order valence-corrected chi connectivity index (χ2v) is 8.86. The lowest BCUT2D eigenvalue weighted by Gasteiger charge is -2.13. The molecule has 1 atom stereocenters. The molecule has 0 fully saturated rings. The van der Waals surface area contributed by atoms with Crippen LogP contribution in [0.1, 0.15) is 22.8 Å². The van der Waals surface area contributed by atoms with Gasteiger partial charge in [-0.25, -0.2) is 4.79 Å². The predicted molar refractivity (Wildman–Crippen MR) is 128 cm³/mol. The third-order valence-electron chi connectivity index (χ3n) is 4.48. The van der Waals surface area contributed by atoms with Crippen molar-refractivity contribution in [2.45, 2.75) is 23.5 Å². The van der Waals surface area contributed by atoms with Crippen LogP contribution in [-0.4, -0.2) is 28.1 Å². The van der Waals surface area contributed by atoms with Crippen LogP contribution < -0.4 is 10.6 Å². The molecule has 3 rings (SSSR count). The molecule has 0 aliphatic carbocycles. The highest BCUT2D eigenvalue weighted by atomic mass is 35.5. The van der Waals surface area contributed by atoms with Crippen LogP contribution in [0.25, 0.3) is 0 Å². The minimum Gasteiger partial charge on any atom is -0.478 e. The summed E-state index contributed by atoms with van der Waals surface area (Å²) in [5, 5.41) is 14.8. The van der Waals surface area contributed by atoms with Gasteiger partial charge in [0.15, 0.2) is 0 Å². The third-order valence-corrected chi connectivity index (χ3v) is 5.82. The van der Waals surface area contributed by atoms with Gasteiger partial charge in [-0.3, -0.25) is 9.59 Å². The minimum atomic E-state index is -1.02. The average Bonchev–Trinajstić information content (AvgIpc) is 2.76. The number of hydrogen-bond donors (Lipinski definition) is 3. The Kier molecular flexibility index (Phi) is 7.92. The van der Waals surface area contributed by atoms with Crippen molar-refractivity contribution in [2.24, 2.45) is 0 Å². The Morgan fingerprint density at radius 2 is 1.62 bits per heavy atom. The van der Waals surface area contributed by atoms with Gasteiger partial charge in [0.1, 0.15) is 0 Å². The zero-order chi connectivity index (χ0) is 23.1. The molecule has 8 heteroatoms. The number of aromatic carboxylic acids is 1. The van der Waals surface area contributed by atoms with Crippen LogP contribution in [0.3, 0.4) is 0 Å². The lowest BCUT2D eigenvalue weighted by atomic mass is 10.1. The van der Waals surface area contributed by atoms with E-state index in [0.717, 1.165) is 10.5 Å². The summed E-state index contributed by atoms with van der Waals surface area (Å²) in [6, 6.07) is 20.4. The van der Waals surface area contributed by atoms with Gasteiger partial charge in [-0.05, 0) is 67.1 Å². The Balaban J connectivity index is 1.55. The van der Waals surface area contributed by atoms with Gasteiger partial charge in [0.2, 0.25) is 11.8 Å². The molecule has 0 saturated carbocycles. The lowest BCUT2D eigenvalue weighted by Crippen LogP contribution is -2.22. The molecule has 0 heterocycles. The molecule has 6 nitrogen and oxygen atoms in total. The number of anilines is 2. The molecule has 0 aromatic heterocycles. The van der Waals surface area contributed by atoms with Crippen LogP contribution in [0.5, 0.6) is 0 Å². The number of amides is 2. The second kappa shape index (κ2) is 10.8. The molecule has 164 valence electrons. The molecule has 32 heavy (non-hydrogen) atoms. The molecule has 0 aliphatic rings. The molecule has 3 aromatic rings. The molecule has 1 unspecified atom stereocenters. The van der Waals surface area contributed by atoms with Crippen LogP contribution in [0.4, 0.5) is 11.4 Å². The van der Waals surface area contributed by atoms with Crippen molar-refractivity contribution in [3.63, 3.8) is 0 Å². The van der Waals surface area contributed by atoms with E-state index in [1.807, 2.05) is 30.3 Å². The van der Waals surface area contributed by atoms with Gasteiger partial charge >= 0.3 is 5.97 Å². The number of carbonyl (C=O) groups excluding carboxylic acids is 2. The number of carbonyl (C=O) groups is 3. The number of rotatable bonds is 8. The first-order chi connectivity index (χ1) is 15.3. The molecule has 0 radical (unpaired) electrons. The third kappa shape index (κ3) is 6.87. The van der Waals surface area contributed by atoms with E-state index in [4.69, 9.17) is 16.7 Å². The van der Waals surface area contributed by atoms with E-state index >= 15 is 0 Å². The molecular weight excluding hydrogens is 448 g/mol. The van der Waals surface area contributed by atoms with Crippen LogP contribution in [-0.2, 0) is 16.0 Å². The van der Waals surface area contributed by atoms with Crippen LogP contribution in [0.2, 0.25) is 5.02 Å². The molecule has 0 saturated heterocycles. The van der Waals surface area contributed by atoms with E-state index in [1.54, 1.807) is 37.3 Å². The number of carboxylic acid groups (broad SMARTS) is 1. The van der Waals surface area contributed by atoms with E-state index in [9.17, 15) is 14.4 Å². The average molecular weight is 469 g/mol. The summed E-state index contributed by atoms with van der Waals surface area (Å²) in [5.41, 5.74) is 2.18. The number of carboxylic acids is 1. The Morgan fingerprint density at radius 1 is 0.938 bits per heavy atom. The van der Waals surface area contributed by atoms with Gasteiger partial charge in [-0.15, -0.1) is 11.8 Å². The van der Waals surface area contributed by atoms with E-state index in [1.165, 1.54) is 23.9 Å². The summed E-state index contributed by atoms with van der Waals surface area (Å²) in [6.07, 6.45) is 0.230. The zero-order valence-corrected chi connectivity index (χ0v) is 18.7. The van der Waals surface area contributed by atoms with Crippen molar-refractivity contribution in [3.8, 4) is 0 Å². The fourth-order valence-corrected chi connectivity index (χ4v) is 3.89. The first-order valence-electron chi connectivity index (χ1n) is 9.75. The largest absolute Gasteiger partial charge is 0.478 e. The summed E-state index contributed by atoms with van der Waals surface area (Å²) in [4.78, 5) is 36.6. The number of nitrogens with one attached hydrogen (secondary N) is 2. The number of thioether (sulfide) groups is 1. The van der Waals surface area contributed by atoms with E-state index in [-0.39, 0.29) is 23.8 Å².